The van der Waals surface area contributed by atoms with E-state index >= 15 is 0 Å². The number of halogens is 1. The first-order valence-corrected chi connectivity index (χ1v) is 8.60. The second-order valence-electron chi connectivity index (χ2n) is 5.73. The Hall–Kier alpha value is -2.08. The molecule has 2 atom stereocenters. The summed E-state index contributed by atoms with van der Waals surface area (Å²) in [6.07, 6.45) is -2.22. The van der Waals surface area contributed by atoms with Crippen LogP contribution in [0.15, 0.2) is 59.1 Å². The van der Waals surface area contributed by atoms with Crippen LogP contribution in [0.4, 0.5) is 0 Å². The van der Waals surface area contributed by atoms with Crippen LogP contribution in [0.1, 0.15) is 23.3 Å². The molecule has 4 nitrogen and oxygen atoms in total. The molecule has 0 heterocycles. The van der Waals surface area contributed by atoms with Gasteiger partial charge in [-0.1, -0.05) is 36.4 Å². The second kappa shape index (κ2) is 7.44. The Balaban J connectivity index is 2.00. The molecular formula is C20H19BrO4. The third-order valence-electron chi connectivity index (χ3n) is 4.23. The zero-order valence-electron chi connectivity index (χ0n) is 13.9. The molecule has 0 radical (unpaired) electrons. The molecule has 0 aliphatic carbocycles. The summed E-state index contributed by atoms with van der Waals surface area (Å²) >= 11 is 3.56. The molecule has 0 aromatic heterocycles. The number of hydrogen-bond acceptors (Lipinski definition) is 4. The maximum absolute atomic E-state index is 10.7. The molecule has 25 heavy (non-hydrogen) atoms. The molecule has 3 aromatic carbocycles. The van der Waals surface area contributed by atoms with Crippen molar-refractivity contribution in [2.75, 3.05) is 14.2 Å². The molecule has 3 aromatic rings. The van der Waals surface area contributed by atoms with E-state index in [0.717, 1.165) is 15.2 Å². The normalized spacial score (nSPS) is 13.5. The van der Waals surface area contributed by atoms with Gasteiger partial charge in [-0.25, -0.2) is 0 Å². The number of aliphatic hydroxyl groups is 2. The Labute approximate surface area is 154 Å². The summed E-state index contributed by atoms with van der Waals surface area (Å²) in [6.45, 7) is 0. The van der Waals surface area contributed by atoms with Crippen molar-refractivity contribution in [1.29, 1.82) is 0 Å². The van der Waals surface area contributed by atoms with Crippen LogP contribution in [0.5, 0.6) is 11.5 Å². The molecule has 0 bridgehead atoms. The average molecular weight is 403 g/mol. The van der Waals surface area contributed by atoms with E-state index in [2.05, 4.69) is 15.9 Å². The molecular weight excluding hydrogens is 384 g/mol. The van der Waals surface area contributed by atoms with E-state index in [4.69, 9.17) is 9.47 Å². The monoisotopic (exact) mass is 402 g/mol. The SMILES string of the molecule is COc1cc(OC)cc([C@@H](O)[C@H](O)c2ccc3ccccc3c2Br)c1. The van der Waals surface area contributed by atoms with Crippen LogP contribution in [-0.4, -0.2) is 24.4 Å². The van der Waals surface area contributed by atoms with E-state index in [1.165, 1.54) is 0 Å². The van der Waals surface area contributed by atoms with Gasteiger partial charge in [0.1, 0.15) is 23.7 Å². The fourth-order valence-electron chi connectivity index (χ4n) is 2.83. The predicted molar refractivity (Wildman–Crippen MR) is 101 cm³/mol. The third-order valence-corrected chi connectivity index (χ3v) is 5.11. The maximum atomic E-state index is 10.7. The Kier molecular flexibility index (Phi) is 5.27. The van der Waals surface area contributed by atoms with Gasteiger partial charge < -0.3 is 19.7 Å². The van der Waals surface area contributed by atoms with Gasteiger partial charge in [-0.2, -0.15) is 0 Å². The minimum absolute atomic E-state index is 0.517. The van der Waals surface area contributed by atoms with Gasteiger partial charge in [-0.3, -0.25) is 0 Å². The van der Waals surface area contributed by atoms with Gasteiger partial charge in [0.15, 0.2) is 0 Å². The van der Waals surface area contributed by atoms with Crippen LogP contribution >= 0.6 is 15.9 Å². The highest BCUT2D eigenvalue weighted by Crippen LogP contribution is 2.38. The molecule has 0 aliphatic heterocycles. The first-order valence-electron chi connectivity index (χ1n) is 7.81. The third kappa shape index (κ3) is 3.49. The number of methoxy groups -OCH3 is 2. The molecule has 0 amide bonds. The standard InChI is InChI=1S/C20H19BrO4/c1-24-14-9-13(10-15(11-14)25-2)19(22)20(23)17-8-7-12-5-3-4-6-16(12)18(17)21/h3-11,19-20,22-23H,1-2H3/t19-,20-/m1/s1. The number of fused-ring (bicyclic) bond motifs is 1. The summed E-state index contributed by atoms with van der Waals surface area (Å²) in [7, 11) is 3.09. The molecule has 2 N–H and O–H groups in total. The molecule has 5 heteroatoms. The van der Waals surface area contributed by atoms with Gasteiger partial charge in [0.25, 0.3) is 0 Å². The smallest absolute Gasteiger partial charge is 0.122 e. The Morgan fingerprint density at radius 3 is 2.12 bits per heavy atom. The average Bonchev–Trinajstić information content (AvgIpc) is 2.66. The number of rotatable bonds is 5. The van der Waals surface area contributed by atoms with Crippen molar-refractivity contribution in [3.63, 3.8) is 0 Å². The van der Waals surface area contributed by atoms with E-state index in [0.29, 0.717) is 22.6 Å². The van der Waals surface area contributed by atoms with Crippen LogP contribution in [0, 0.1) is 0 Å². The van der Waals surface area contributed by atoms with Crippen molar-refractivity contribution >= 4 is 26.7 Å². The summed E-state index contributed by atoms with van der Waals surface area (Å²) in [5.41, 5.74) is 1.14. The van der Waals surface area contributed by atoms with Crippen molar-refractivity contribution in [1.82, 2.24) is 0 Å². The van der Waals surface area contributed by atoms with Crippen LogP contribution in [-0.2, 0) is 0 Å². The van der Waals surface area contributed by atoms with Crippen LogP contribution < -0.4 is 9.47 Å². The zero-order chi connectivity index (χ0) is 18.0. The molecule has 0 spiro atoms. The van der Waals surface area contributed by atoms with E-state index < -0.39 is 12.2 Å². The van der Waals surface area contributed by atoms with E-state index in [1.807, 2.05) is 36.4 Å². The molecule has 0 fully saturated rings. The summed E-state index contributed by atoms with van der Waals surface area (Å²) in [5.74, 6) is 1.11. The minimum atomic E-state index is -1.12. The Morgan fingerprint density at radius 1 is 0.840 bits per heavy atom. The zero-order valence-corrected chi connectivity index (χ0v) is 15.5. The quantitative estimate of drug-likeness (QED) is 0.664. The molecule has 0 unspecified atom stereocenters. The lowest BCUT2D eigenvalue weighted by Crippen LogP contribution is -2.11. The number of ether oxygens (including phenoxy) is 2. The van der Waals surface area contributed by atoms with E-state index in [9.17, 15) is 10.2 Å². The number of aliphatic hydroxyl groups excluding tert-OH is 2. The largest absolute Gasteiger partial charge is 0.497 e. The maximum Gasteiger partial charge on any atom is 0.122 e. The van der Waals surface area contributed by atoms with Gasteiger partial charge in [-0.05, 0) is 50.0 Å². The predicted octanol–water partition coefficient (Wildman–Crippen LogP) is 4.39. The van der Waals surface area contributed by atoms with Crippen LogP contribution in [0.3, 0.4) is 0 Å². The highest BCUT2D eigenvalue weighted by atomic mass is 79.9. The van der Waals surface area contributed by atoms with Crippen molar-refractivity contribution in [2.24, 2.45) is 0 Å². The van der Waals surface area contributed by atoms with Gasteiger partial charge in [0, 0.05) is 10.5 Å². The number of hydrogen-bond donors (Lipinski definition) is 2. The highest BCUT2D eigenvalue weighted by molar-refractivity contribution is 9.10. The van der Waals surface area contributed by atoms with Crippen LogP contribution in [0.25, 0.3) is 10.8 Å². The molecule has 0 saturated carbocycles. The number of benzene rings is 3. The first kappa shape index (κ1) is 17.7. The molecule has 130 valence electrons. The van der Waals surface area contributed by atoms with Gasteiger partial charge in [0.05, 0.1) is 14.2 Å². The second-order valence-corrected chi connectivity index (χ2v) is 6.52. The summed E-state index contributed by atoms with van der Waals surface area (Å²) < 4.78 is 11.2. The highest BCUT2D eigenvalue weighted by Gasteiger charge is 2.24. The van der Waals surface area contributed by atoms with E-state index in [1.54, 1.807) is 32.4 Å². The summed E-state index contributed by atoms with van der Waals surface area (Å²) in [5, 5.41) is 23.5. The van der Waals surface area contributed by atoms with Gasteiger partial charge >= 0.3 is 0 Å². The summed E-state index contributed by atoms with van der Waals surface area (Å²) in [6, 6.07) is 16.7. The van der Waals surface area contributed by atoms with Crippen molar-refractivity contribution < 1.29 is 19.7 Å². The summed E-state index contributed by atoms with van der Waals surface area (Å²) in [4.78, 5) is 0. The van der Waals surface area contributed by atoms with Crippen molar-refractivity contribution in [2.45, 2.75) is 12.2 Å². The lowest BCUT2D eigenvalue weighted by atomic mass is 9.96. The van der Waals surface area contributed by atoms with Gasteiger partial charge in [-0.15, -0.1) is 0 Å². The lowest BCUT2D eigenvalue weighted by Gasteiger charge is -2.21. The Morgan fingerprint density at radius 2 is 1.48 bits per heavy atom. The fraction of sp³-hybridized carbons (Fsp3) is 0.200. The molecule has 3 rings (SSSR count). The minimum Gasteiger partial charge on any atom is -0.497 e. The topological polar surface area (TPSA) is 58.9 Å². The Bertz CT molecular complexity index is 872. The first-order chi connectivity index (χ1) is 12.0. The van der Waals surface area contributed by atoms with E-state index in [-0.39, 0.29) is 0 Å². The fourth-order valence-corrected chi connectivity index (χ4v) is 3.56. The molecule has 0 aliphatic rings. The lowest BCUT2D eigenvalue weighted by molar-refractivity contribution is 0.0167. The van der Waals surface area contributed by atoms with Crippen molar-refractivity contribution in [3.05, 3.63) is 70.2 Å². The van der Waals surface area contributed by atoms with Crippen molar-refractivity contribution in [3.8, 4) is 11.5 Å². The van der Waals surface area contributed by atoms with Gasteiger partial charge in [0.2, 0.25) is 0 Å². The molecule has 0 saturated heterocycles. The van der Waals surface area contributed by atoms with Crippen LogP contribution in [0.2, 0.25) is 0 Å².